The minimum Gasteiger partial charge on any atom is -0.315 e. The Morgan fingerprint density at radius 1 is 1.30 bits per heavy atom. The standard InChI is InChI=1S/C7H7Cl2N/c1-10-7-3-2-5(8)4-6(7)9/h2-4,10H,1H3/p+1. The molecule has 10 heavy (non-hydrogen) atoms. The van der Waals surface area contributed by atoms with Crippen LogP contribution in [0.4, 0.5) is 5.69 Å². The summed E-state index contributed by atoms with van der Waals surface area (Å²) in [5.74, 6) is 0. The molecule has 1 aromatic carbocycles. The Morgan fingerprint density at radius 3 is 2.50 bits per heavy atom. The number of quaternary nitrogens is 1. The third kappa shape index (κ3) is 1.63. The van der Waals surface area contributed by atoms with Gasteiger partial charge in [0.1, 0.15) is 10.7 Å². The van der Waals surface area contributed by atoms with E-state index in [1.807, 2.05) is 24.5 Å². The van der Waals surface area contributed by atoms with Crippen LogP contribution in [0.5, 0.6) is 0 Å². The molecule has 0 aliphatic carbocycles. The lowest BCUT2D eigenvalue weighted by atomic mass is 10.3. The van der Waals surface area contributed by atoms with Crippen molar-refractivity contribution in [2.24, 2.45) is 0 Å². The molecule has 0 aromatic heterocycles. The zero-order valence-corrected chi connectivity index (χ0v) is 7.08. The van der Waals surface area contributed by atoms with Crippen molar-refractivity contribution in [1.29, 1.82) is 0 Å². The summed E-state index contributed by atoms with van der Waals surface area (Å²) in [6.07, 6.45) is 0. The van der Waals surface area contributed by atoms with Gasteiger partial charge in [-0.05, 0) is 12.1 Å². The van der Waals surface area contributed by atoms with Crippen molar-refractivity contribution < 1.29 is 5.32 Å². The number of nitrogens with two attached hydrogens (primary N) is 1. The fourth-order valence-corrected chi connectivity index (χ4v) is 1.25. The van der Waals surface area contributed by atoms with Gasteiger partial charge in [0.25, 0.3) is 0 Å². The number of benzene rings is 1. The maximum atomic E-state index is 5.81. The highest BCUT2D eigenvalue weighted by molar-refractivity contribution is 6.35. The smallest absolute Gasteiger partial charge is 0.148 e. The van der Waals surface area contributed by atoms with Gasteiger partial charge in [-0.2, -0.15) is 0 Å². The molecule has 0 aliphatic heterocycles. The molecule has 1 nitrogen and oxygen atoms in total. The first-order valence-electron chi connectivity index (χ1n) is 2.98. The zero-order valence-electron chi connectivity index (χ0n) is 5.57. The summed E-state index contributed by atoms with van der Waals surface area (Å²) in [5, 5.41) is 3.32. The van der Waals surface area contributed by atoms with E-state index in [0.29, 0.717) is 10.0 Å². The molecule has 3 heteroatoms. The zero-order chi connectivity index (χ0) is 7.56. The monoisotopic (exact) mass is 176 g/mol. The normalized spacial score (nSPS) is 9.90. The van der Waals surface area contributed by atoms with Crippen molar-refractivity contribution in [1.82, 2.24) is 0 Å². The lowest BCUT2D eigenvalue weighted by molar-refractivity contribution is -0.539. The molecule has 0 spiro atoms. The Labute approximate surface area is 70.0 Å². The largest absolute Gasteiger partial charge is 0.315 e. The molecule has 0 saturated carbocycles. The van der Waals surface area contributed by atoms with Gasteiger partial charge >= 0.3 is 0 Å². The summed E-state index contributed by atoms with van der Waals surface area (Å²) in [6.45, 7) is 0. The molecule has 2 N–H and O–H groups in total. The Bertz CT molecular complexity index is 235. The van der Waals surface area contributed by atoms with Gasteiger partial charge in [0.05, 0.1) is 7.05 Å². The van der Waals surface area contributed by atoms with Gasteiger partial charge in [-0.3, -0.25) is 0 Å². The minimum absolute atomic E-state index is 0.676. The molecule has 0 heterocycles. The molecular weight excluding hydrogens is 169 g/mol. The molecule has 0 unspecified atom stereocenters. The van der Waals surface area contributed by atoms with E-state index < -0.39 is 0 Å². The number of halogens is 2. The van der Waals surface area contributed by atoms with E-state index in [1.54, 1.807) is 6.07 Å². The highest BCUT2D eigenvalue weighted by Gasteiger charge is 2.00. The molecule has 1 aromatic rings. The number of hydrogen-bond donors (Lipinski definition) is 1. The van der Waals surface area contributed by atoms with Crippen LogP contribution >= 0.6 is 23.2 Å². The van der Waals surface area contributed by atoms with Gasteiger partial charge in [0, 0.05) is 11.1 Å². The van der Waals surface area contributed by atoms with Crippen LogP contribution in [0.3, 0.4) is 0 Å². The molecule has 0 bridgehead atoms. The first-order valence-corrected chi connectivity index (χ1v) is 3.74. The van der Waals surface area contributed by atoms with E-state index in [0.717, 1.165) is 5.69 Å². The average molecular weight is 177 g/mol. The van der Waals surface area contributed by atoms with Gasteiger partial charge in [-0.1, -0.05) is 23.2 Å². The third-order valence-corrected chi connectivity index (χ3v) is 1.84. The molecular formula is C7H8Cl2N+. The molecule has 1 rings (SSSR count). The Balaban J connectivity index is 3.07. The maximum Gasteiger partial charge on any atom is 0.148 e. The molecule has 0 atom stereocenters. The van der Waals surface area contributed by atoms with E-state index >= 15 is 0 Å². The van der Waals surface area contributed by atoms with Crippen molar-refractivity contribution in [3.63, 3.8) is 0 Å². The van der Waals surface area contributed by atoms with Crippen LogP contribution in [0, 0.1) is 0 Å². The Hall–Kier alpha value is -0.240. The molecule has 54 valence electrons. The summed E-state index contributed by atoms with van der Waals surface area (Å²) >= 11 is 11.5. The topological polar surface area (TPSA) is 16.6 Å². The van der Waals surface area contributed by atoms with Gasteiger partial charge in [0.15, 0.2) is 0 Å². The summed E-state index contributed by atoms with van der Waals surface area (Å²) < 4.78 is 0. The van der Waals surface area contributed by atoms with E-state index in [-0.39, 0.29) is 0 Å². The van der Waals surface area contributed by atoms with Crippen LogP contribution in [0.25, 0.3) is 0 Å². The van der Waals surface area contributed by atoms with Gasteiger partial charge in [-0.15, -0.1) is 0 Å². The first kappa shape index (κ1) is 7.86. The van der Waals surface area contributed by atoms with Crippen molar-refractivity contribution in [2.75, 3.05) is 7.05 Å². The van der Waals surface area contributed by atoms with Gasteiger partial charge < -0.3 is 5.32 Å². The predicted molar refractivity (Wildman–Crippen MR) is 44.0 cm³/mol. The van der Waals surface area contributed by atoms with E-state index in [9.17, 15) is 0 Å². The van der Waals surface area contributed by atoms with Crippen LogP contribution in [-0.4, -0.2) is 7.05 Å². The van der Waals surface area contributed by atoms with E-state index in [2.05, 4.69) is 0 Å². The van der Waals surface area contributed by atoms with Crippen molar-refractivity contribution in [3.8, 4) is 0 Å². The lowest BCUT2D eigenvalue weighted by Crippen LogP contribution is -2.72. The van der Waals surface area contributed by atoms with Crippen LogP contribution in [0.15, 0.2) is 18.2 Å². The second-order valence-corrected chi connectivity index (χ2v) is 2.80. The second kappa shape index (κ2) is 3.24. The molecule has 0 amide bonds. The van der Waals surface area contributed by atoms with Crippen LogP contribution in [-0.2, 0) is 0 Å². The second-order valence-electron chi connectivity index (χ2n) is 1.95. The molecule has 0 fully saturated rings. The third-order valence-electron chi connectivity index (χ3n) is 1.27. The van der Waals surface area contributed by atoms with Crippen molar-refractivity contribution in [2.45, 2.75) is 0 Å². The first-order chi connectivity index (χ1) is 4.74. The Morgan fingerprint density at radius 2 is 2.00 bits per heavy atom. The number of rotatable bonds is 1. The van der Waals surface area contributed by atoms with Crippen LogP contribution in [0.2, 0.25) is 10.0 Å². The summed E-state index contributed by atoms with van der Waals surface area (Å²) in [4.78, 5) is 0. The fourth-order valence-electron chi connectivity index (χ4n) is 0.736. The predicted octanol–water partition coefficient (Wildman–Crippen LogP) is 1.82. The Kier molecular flexibility index (Phi) is 2.55. The summed E-state index contributed by atoms with van der Waals surface area (Å²) in [5.41, 5.74) is 1.02. The van der Waals surface area contributed by atoms with Crippen LogP contribution in [0.1, 0.15) is 0 Å². The molecule has 0 radical (unpaired) electrons. The lowest BCUT2D eigenvalue weighted by Gasteiger charge is -1.96. The highest BCUT2D eigenvalue weighted by Crippen LogP contribution is 2.21. The summed E-state index contributed by atoms with van der Waals surface area (Å²) in [6, 6.07) is 5.45. The van der Waals surface area contributed by atoms with Gasteiger partial charge in [-0.25, -0.2) is 0 Å². The fraction of sp³-hybridized carbons (Fsp3) is 0.143. The average Bonchev–Trinajstić information content (AvgIpc) is 1.88. The van der Waals surface area contributed by atoms with Crippen LogP contribution < -0.4 is 5.32 Å². The van der Waals surface area contributed by atoms with Gasteiger partial charge in [0.2, 0.25) is 0 Å². The van der Waals surface area contributed by atoms with E-state index in [1.165, 1.54) is 0 Å². The molecule has 0 aliphatic rings. The van der Waals surface area contributed by atoms with Crippen molar-refractivity contribution in [3.05, 3.63) is 28.2 Å². The van der Waals surface area contributed by atoms with Crippen molar-refractivity contribution >= 4 is 28.9 Å². The quantitative estimate of drug-likeness (QED) is 0.630. The summed E-state index contributed by atoms with van der Waals surface area (Å²) in [7, 11) is 1.94. The highest BCUT2D eigenvalue weighted by atomic mass is 35.5. The minimum atomic E-state index is 0.676. The SMILES string of the molecule is C[NH2+]c1ccc(Cl)cc1Cl. The maximum absolute atomic E-state index is 5.81. The molecule has 0 saturated heterocycles. The number of hydrogen-bond acceptors (Lipinski definition) is 0. The van der Waals surface area contributed by atoms with E-state index in [4.69, 9.17) is 23.2 Å².